The van der Waals surface area contributed by atoms with Gasteiger partial charge in [0.2, 0.25) is 0 Å². The van der Waals surface area contributed by atoms with Crippen molar-refractivity contribution >= 4 is 34.5 Å². The SMILES string of the molecule is CCn1ccnc1P(=S)(c1nccn1CC)c1nccn1CC. The van der Waals surface area contributed by atoms with Crippen LogP contribution in [0, 0.1) is 0 Å². The average molecular weight is 348 g/mol. The molecule has 0 aromatic carbocycles. The van der Waals surface area contributed by atoms with Crippen molar-refractivity contribution in [3.05, 3.63) is 37.2 Å². The van der Waals surface area contributed by atoms with Gasteiger partial charge in [-0.15, -0.1) is 0 Å². The third-order valence-corrected chi connectivity index (χ3v) is 8.22. The van der Waals surface area contributed by atoms with Gasteiger partial charge in [0.05, 0.1) is 0 Å². The highest BCUT2D eigenvalue weighted by atomic mass is 32.4. The Morgan fingerprint density at radius 2 is 1.04 bits per heavy atom. The molecule has 122 valence electrons. The summed E-state index contributed by atoms with van der Waals surface area (Å²) < 4.78 is 6.35. The van der Waals surface area contributed by atoms with E-state index in [4.69, 9.17) is 11.8 Å². The van der Waals surface area contributed by atoms with Crippen LogP contribution < -0.4 is 16.7 Å². The first kappa shape index (κ1) is 16.1. The highest BCUT2D eigenvalue weighted by Gasteiger charge is 2.36. The van der Waals surface area contributed by atoms with Gasteiger partial charge in [-0.25, -0.2) is 15.0 Å². The van der Waals surface area contributed by atoms with Crippen LogP contribution in [0.2, 0.25) is 0 Å². The van der Waals surface area contributed by atoms with Gasteiger partial charge in [-0.3, -0.25) is 0 Å². The minimum Gasteiger partial charge on any atom is -0.330 e. The smallest absolute Gasteiger partial charge is 0.156 e. The lowest BCUT2D eigenvalue weighted by molar-refractivity contribution is 0.773. The van der Waals surface area contributed by atoms with Gasteiger partial charge in [0, 0.05) is 56.8 Å². The molecule has 0 N–H and O–H groups in total. The highest BCUT2D eigenvalue weighted by molar-refractivity contribution is 8.25. The molecule has 3 aromatic heterocycles. The van der Waals surface area contributed by atoms with Gasteiger partial charge in [-0.05, 0) is 20.8 Å². The van der Waals surface area contributed by atoms with Gasteiger partial charge in [0.15, 0.2) is 16.7 Å². The molecule has 3 aromatic rings. The first-order valence-electron chi connectivity index (χ1n) is 7.81. The van der Waals surface area contributed by atoms with Crippen molar-refractivity contribution in [1.29, 1.82) is 0 Å². The summed E-state index contributed by atoms with van der Waals surface area (Å²) >= 11 is 6.28. The monoisotopic (exact) mass is 348 g/mol. The van der Waals surface area contributed by atoms with Crippen LogP contribution in [0.15, 0.2) is 37.2 Å². The average Bonchev–Trinajstić information content (AvgIpc) is 3.33. The number of aryl methyl sites for hydroxylation is 3. The summed E-state index contributed by atoms with van der Waals surface area (Å²) in [5, 5.41) is 0. The molecule has 0 fully saturated rings. The van der Waals surface area contributed by atoms with Crippen molar-refractivity contribution < 1.29 is 0 Å². The fourth-order valence-corrected chi connectivity index (χ4v) is 7.06. The maximum absolute atomic E-state index is 6.28. The van der Waals surface area contributed by atoms with E-state index in [1.165, 1.54) is 0 Å². The third-order valence-electron chi connectivity index (χ3n) is 3.95. The van der Waals surface area contributed by atoms with Crippen LogP contribution in [0.5, 0.6) is 0 Å². The predicted octanol–water partition coefficient (Wildman–Crippen LogP) is 1.09. The summed E-state index contributed by atoms with van der Waals surface area (Å²) in [7, 11) is 0. The Morgan fingerprint density at radius 1 is 0.739 bits per heavy atom. The molecule has 0 amide bonds. The molecule has 0 saturated heterocycles. The molecule has 6 nitrogen and oxygen atoms in total. The van der Waals surface area contributed by atoms with Gasteiger partial charge >= 0.3 is 0 Å². The van der Waals surface area contributed by atoms with Crippen molar-refractivity contribution in [3.63, 3.8) is 0 Å². The maximum atomic E-state index is 6.28. The van der Waals surface area contributed by atoms with Crippen molar-refractivity contribution in [2.24, 2.45) is 0 Å². The van der Waals surface area contributed by atoms with Crippen LogP contribution in [0.3, 0.4) is 0 Å². The Balaban J connectivity index is 2.33. The molecule has 0 radical (unpaired) electrons. The van der Waals surface area contributed by atoms with E-state index in [-0.39, 0.29) is 0 Å². The summed E-state index contributed by atoms with van der Waals surface area (Å²) in [5.41, 5.74) is 2.70. The fourth-order valence-electron chi connectivity index (χ4n) is 2.76. The predicted molar refractivity (Wildman–Crippen MR) is 96.9 cm³/mol. The normalized spacial score (nSPS) is 12.0. The molecule has 0 aliphatic heterocycles. The molecule has 3 heterocycles. The molecule has 8 heteroatoms. The second-order valence-electron chi connectivity index (χ2n) is 5.15. The molecule has 0 aliphatic carbocycles. The van der Waals surface area contributed by atoms with Crippen LogP contribution in [0.4, 0.5) is 0 Å². The molecule has 0 atom stereocenters. The van der Waals surface area contributed by atoms with Crippen molar-refractivity contribution in [3.8, 4) is 0 Å². The van der Waals surface area contributed by atoms with Gasteiger partial charge in [-0.2, -0.15) is 0 Å². The lowest BCUT2D eigenvalue weighted by Gasteiger charge is -2.23. The van der Waals surface area contributed by atoms with Crippen LogP contribution in [0.25, 0.3) is 0 Å². The lowest BCUT2D eigenvalue weighted by Crippen LogP contribution is -2.39. The molecular weight excluding hydrogens is 327 g/mol. The quantitative estimate of drug-likeness (QED) is 0.626. The molecule has 0 spiro atoms. The molecule has 0 aliphatic rings. The van der Waals surface area contributed by atoms with Gasteiger partial charge in [0.1, 0.15) is 6.04 Å². The number of nitrogens with zero attached hydrogens (tertiary/aromatic N) is 6. The molecule has 0 unspecified atom stereocenters. The number of hydrogen-bond donors (Lipinski definition) is 0. The number of hydrogen-bond acceptors (Lipinski definition) is 4. The minimum absolute atomic E-state index is 0.827. The summed E-state index contributed by atoms with van der Waals surface area (Å²) in [5.74, 6) is 0. The molecule has 0 bridgehead atoms. The summed E-state index contributed by atoms with van der Waals surface area (Å²) in [6, 6.07) is -2.41. The Labute approximate surface area is 141 Å². The second-order valence-corrected chi connectivity index (χ2v) is 9.21. The minimum atomic E-state index is -2.41. The Morgan fingerprint density at radius 3 is 1.30 bits per heavy atom. The van der Waals surface area contributed by atoms with Crippen molar-refractivity contribution in [2.75, 3.05) is 0 Å². The van der Waals surface area contributed by atoms with E-state index in [2.05, 4.69) is 49.4 Å². The number of aromatic nitrogens is 6. The standard InChI is InChI=1S/C15H21N6PS/c1-4-19-10-7-16-13(19)22(23,14-17-8-11-20(14)5-2)15-18-9-12-21(15)6-3/h7-12H,4-6H2,1-3H3. The Kier molecular flexibility index (Phi) is 4.50. The third kappa shape index (κ3) is 2.48. The van der Waals surface area contributed by atoms with Crippen LogP contribution in [-0.2, 0) is 31.4 Å². The first-order valence-corrected chi connectivity index (χ1v) is 10.6. The number of rotatable bonds is 6. The largest absolute Gasteiger partial charge is 0.330 e. The van der Waals surface area contributed by atoms with Gasteiger partial charge in [0.25, 0.3) is 0 Å². The second kappa shape index (κ2) is 6.42. The lowest BCUT2D eigenvalue weighted by atomic mass is 10.7. The zero-order valence-electron chi connectivity index (χ0n) is 13.6. The Hall–Kier alpha value is -1.72. The fraction of sp³-hybridized carbons (Fsp3) is 0.400. The van der Waals surface area contributed by atoms with Gasteiger partial charge < -0.3 is 13.7 Å². The molecule has 3 rings (SSSR count). The van der Waals surface area contributed by atoms with Crippen LogP contribution in [0.1, 0.15) is 20.8 Å². The molecular formula is C15H21N6PS. The Bertz CT molecular complexity index is 736. The summed E-state index contributed by atoms with van der Waals surface area (Å²) in [6.45, 7) is 8.78. The van der Waals surface area contributed by atoms with Gasteiger partial charge in [-0.1, -0.05) is 11.8 Å². The van der Waals surface area contributed by atoms with E-state index in [0.717, 1.165) is 36.3 Å². The maximum Gasteiger partial charge on any atom is 0.156 e. The molecule has 0 saturated carbocycles. The summed E-state index contributed by atoms with van der Waals surface area (Å²) in [6.07, 6.45) is 11.4. The zero-order chi connectivity index (χ0) is 16.4. The van der Waals surface area contributed by atoms with Crippen molar-refractivity contribution in [1.82, 2.24) is 28.7 Å². The summed E-state index contributed by atoms with van der Waals surface area (Å²) in [4.78, 5) is 13.9. The molecule has 23 heavy (non-hydrogen) atoms. The van der Waals surface area contributed by atoms with E-state index in [1.807, 2.05) is 37.2 Å². The van der Waals surface area contributed by atoms with Crippen molar-refractivity contribution in [2.45, 2.75) is 40.4 Å². The van der Waals surface area contributed by atoms with Crippen LogP contribution >= 0.6 is 6.04 Å². The first-order chi connectivity index (χ1) is 11.2. The zero-order valence-corrected chi connectivity index (χ0v) is 15.3. The topological polar surface area (TPSA) is 53.5 Å². The van der Waals surface area contributed by atoms with Crippen LogP contribution in [-0.4, -0.2) is 28.7 Å². The van der Waals surface area contributed by atoms with E-state index >= 15 is 0 Å². The van der Waals surface area contributed by atoms with E-state index in [0.29, 0.717) is 0 Å². The highest BCUT2D eigenvalue weighted by Crippen LogP contribution is 2.40. The number of imidazole rings is 3. The van der Waals surface area contributed by atoms with E-state index in [1.54, 1.807) is 0 Å². The van der Waals surface area contributed by atoms with E-state index in [9.17, 15) is 0 Å². The van der Waals surface area contributed by atoms with E-state index < -0.39 is 6.04 Å².